The lowest BCUT2D eigenvalue weighted by Gasteiger charge is -2.12. The molecule has 3 rings (SSSR count). The number of carbonyl (C=O) groups is 1. The Balaban J connectivity index is 1.84. The van der Waals surface area contributed by atoms with Gasteiger partial charge in [0, 0.05) is 27.7 Å². The fourth-order valence-electron chi connectivity index (χ4n) is 2.48. The molecule has 1 amide bonds. The van der Waals surface area contributed by atoms with Gasteiger partial charge in [-0.15, -0.1) is 6.58 Å². The number of thioether (sulfide) groups is 1. The zero-order valence-electron chi connectivity index (χ0n) is 14.2. The molecule has 0 radical (unpaired) electrons. The fraction of sp³-hybridized carbons (Fsp3) is 0.100. The van der Waals surface area contributed by atoms with Gasteiger partial charge in [0.05, 0.1) is 4.91 Å². The first kappa shape index (κ1) is 20.0. The average Bonchev–Trinajstić information content (AvgIpc) is 2.90. The van der Waals surface area contributed by atoms with Crippen LogP contribution in [0.15, 0.2) is 60.0 Å². The van der Waals surface area contributed by atoms with Crippen molar-refractivity contribution in [3.63, 3.8) is 0 Å². The number of nitrogens with zero attached hydrogens (tertiary/aromatic N) is 1. The summed E-state index contributed by atoms with van der Waals surface area (Å²) in [6.45, 7) is 4.28. The monoisotopic (exact) mass is 435 g/mol. The molecule has 0 unspecified atom stereocenters. The lowest BCUT2D eigenvalue weighted by molar-refractivity contribution is -0.121. The summed E-state index contributed by atoms with van der Waals surface area (Å²) in [5.74, 6) is 0.497. The van der Waals surface area contributed by atoms with Crippen molar-refractivity contribution in [3.8, 4) is 5.75 Å². The Morgan fingerprint density at radius 1 is 1.15 bits per heavy atom. The largest absolute Gasteiger partial charge is 0.488 e. The molecule has 0 aromatic heterocycles. The summed E-state index contributed by atoms with van der Waals surface area (Å²) in [6, 6.07) is 12.8. The fourth-order valence-corrected chi connectivity index (χ4v) is 4.25. The topological polar surface area (TPSA) is 29.5 Å². The third-order valence-electron chi connectivity index (χ3n) is 3.82. The Hall–Kier alpha value is -1.79. The predicted octanol–water partition coefficient (Wildman–Crippen LogP) is 5.96. The van der Waals surface area contributed by atoms with E-state index in [0.29, 0.717) is 37.1 Å². The van der Waals surface area contributed by atoms with Crippen LogP contribution in [0.3, 0.4) is 0 Å². The second kappa shape index (κ2) is 8.93. The van der Waals surface area contributed by atoms with E-state index in [9.17, 15) is 4.79 Å². The number of para-hydroxylation sites is 1. The van der Waals surface area contributed by atoms with Gasteiger partial charge in [0.1, 0.15) is 16.7 Å². The van der Waals surface area contributed by atoms with Crippen LogP contribution in [-0.4, -0.2) is 21.7 Å². The second-order valence-corrected chi connectivity index (χ2v) is 8.10. The maximum Gasteiger partial charge on any atom is 0.266 e. The molecule has 1 heterocycles. The first-order chi connectivity index (χ1) is 13.0. The minimum atomic E-state index is -0.131. The number of ether oxygens (including phenoxy) is 1. The molecule has 1 saturated heterocycles. The van der Waals surface area contributed by atoms with E-state index in [4.69, 9.17) is 40.2 Å². The second-order valence-electron chi connectivity index (χ2n) is 5.61. The van der Waals surface area contributed by atoms with E-state index in [1.807, 2.05) is 24.3 Å². The smallest absolute Gasteiger partial charge is 0.266 e. The van der Waals surface area contributed by atoms with Crippen LogP contribution < -0.4 is 4.74 Å². The molecule has 27 heavy (non-hydrogen) atoms. The Morgan fingerprint density at radius 2 is 1.85 bits per heavy atom. The summed E-state index contributed by atoms with van der Waals surface area (Å²) >= 11 is 18.9. The molecule has 1 aliphatic heterocycles. The molecule has 2 aromatic rings. The Morgan fingerprint density at radius 3 is 2.56 bits per heavy atom. The number of hydrogen-bond donors (Lipinski definition) is 0. The van der Waals surface area contributed by atoms with Crippen LogP contribution in [0, 0.1) is 0 Å². The number of carbonyl (C=O) groups excluding carboxylic acids is 1. The van der Waals surface area contributed by atoms with Gasteiger partial charge in [-0.1, -0.05) is 77.5 Å². The highest BCUT2D eigenvalue weighted by Crippen LogP contribution is 2.34. The van der Waals surface area contributed by atoms with Gasteiger partial charge in [-0.25, -0.2) is 0 Å². The number of benzene rings is 2. The molecule has 3 nitrogen and oxygen atoms in total. The third kappa shape index (κ3) is 4.55. The zero-order valence-corrected chi connectivity index (χ0v) is 17.3. The third-order valence-corrected chi connectivity index (χ3v) is 5.91. The minimum Gasteiger partial charge on any atom is -0.488 e. The van der Waals surface area contributed by atoms with Crippen LogP contribution >= 0.6 is 47.2 Å². The summed E-state index contributed by atoms with van der Waals surface area (Å²) < 4.78 is 6.46. The molecule has 1 aliphatic rings. The molecular formula is C20H15Cl2NO2S2. The van der Waals surface area contributed by atoms with E-state index >= 15 is 0 Å². The van der Waals surface area contributed by atoms with Crippen LogP contribution in [-0.2, 0) is 11.4 Å². The van der Waals surface area contributed by atoms with Crippen LogP contribution in [0.2, 0.25) is 10.0 Å². The summed E-state index contributed by atoms with van der Waals surface area (Å²) in [6.07, 6.45) is 3.43. The lowest BCUT2D eigenvalue weighted by Crippen LogP contribution is -2.27. The molecule has 1 fully saturated rings. The Kier molecular flexibility index (Phi) is 6.60. The molecule has 2 aromatic carbocycles. The highest BCUT2D eigenvalue weighted by molar-refractivity contribution is 8.26. The zero-order chi connectivity index (χ0) is 19.4. The number of amides is 1. The molecule has 0 aliphatic carbocycles. The maximum absolute atomic E-state index is 12.5. The molecule has 138 valence electrons. The number of rotatable bonds is 6. The van der Waals surface area contributed by atoms with Crippen LogP contribution in [0.4, 0.5) is 0 Å². The SMILES string of the molecule is C=CCN1C(=O)/C(=C/c2ccccc2OCc2c(Cl)cccc2Cl)SC1=S. The van der Waals surface area contributed by atoms with Crippen molar-refractivity contribution in [2.75, 3.05) is 6.54 Å². The van der Waals surface area contributed by atoms with E-state index < -0.39 is 0 Å². The number of thiocarbonyl (C=S) groups is 1. The van der Waals surface area contributed by atoms with E-state index in [-0.39, 0.29) is 12.5 Å². The van der Waals surface area contributed by atoms with E-state index in [2.05, 4.69) is 6.58 Å². The van der Waals surface area contributed by atoms with Crippen LogP contribution in [0.1, 0.15) is 11.1 Å². The van der Waals surface area contributed by atoms with Crippen molar-refractivity contribution in [2.45, 2.75) is 6.61 Å². The van der Waals surface area contributed by atoms with Gasteiger partial charge < -0.3 is 4.74 Å². The number of hydrogen-bond acceptors (Lipinski definition) is 4. The summed E-state index contributed by atoms with van der Waals surface area (Å²) in [5, 5.41) is 1.09. The summed E-state index contributed by atoms with van der Waals surface area (Å²) in [7, 11) is 0. The first-order valence-corrected chi connectivity index (χ1v) is 10.0. The van der Waals surface area contributed by atoms with Gasteiger partial charge in [-0.3, -0.25) is 9.69 Å². The van der Waals surface area contributed by atoms with E-state index in [0.717, 1.165) is 5.56 Å². The van der Waals surface area contributed by atoms with E-state index in [1.165, 1.54) is 16.7 Å². The maximum atomic E-state index is 12.5. The van der Waals surface area contributed by atoms with Gasteiger partial charge in [0.25, 0.3) is 5.91 Å². The normalized spacial score (nSPS) is 15.5. The molecule has 0 saturated carbocycles. The van der Waals surface area contributed by atoms with Gasteiger partial charge in [-0.2, -0.15) is 0 Å². The first-order valence-electron chi connectivity index (χ1n) is 8.02. The number of halogens is 2. The molecule has 0 N–H and O–H groups in total. The van der Waals surface area contributed by atoms with Gasteiger partial charge >= 0.3 is 0 Å². The molecular weight excluding hydrogens is 421 g/mol. The van der Waals surface area contributed by atoms with Crippen LogP contribution in [0.25, 0.3) is 6.08 Å². The van der Waals surface area contributed by atoms with Crippen molar-refractivity contribution < 1.29 is 9.53 Å². The average molecular weight is 436 g/mol. The van der Waals surface area contributed by atoms with Crippen molar-refractivity contribution in [2.24, 2.45) is 0 Å². The van der Waals surface area contributed by atoms with Gasteiger partial charge in [-0.05, 0) is 24.3 Å². The molecule has 0 bridgehead atoms. The quantitative estimate of drug-likeness (QED) is 0.318. The van der Waals surface area contributed by atoms with Crippen molar-refractivity contribution >= 4 is 63.5 Å². The van der Waals surface area contributed by atoms with Crippen LogP contribution in [0.5, 0.6) is 5.75 Å². The van der Waals surface area contributed by atoms with Crippen molar-refractivity contribution in [1.82, 2.24) is 4.90 Å². The Labute approximate surface area is 177 Å². The van der Waals surface area contributed by atoms with Crippen molar-refractivity contribution in [3.05, 3.63) is 81.2 Å². The van der Waals surface area contributed by atoms with E-state index in [1.54, 1.807) is 30.4 Å². The predicted molar refractivity (Wildman–Crippen MR) is 117 cm³/mol. The Bertz CT molecular complexity index is 923. The van der Waals surface area contributed by atoms with Gasteiger partial charge in [0.2, 0.25) is 0 Å². The minimum absolute atomic E-state index is 0.131. The van der Waals surface area contributed by atoms with Gasteiger partial charge in [0.15, 0.2) is 0 Å². The highest BCUT2D eigenvalue weighted by Gasteiger charge is 2.31. The summed E-state index contributed by atoms with van der Waals surface area (Å²) in [5.41, 5.74) is 1.49. The summed E-state index contributed by atoms with van der Waals surface area (Å²) in [4.78, 5) is 14.6. The van der Waals surface area contributed by atoms with Crippen molar-refractivity contribution in [1.29, 1.82) is 0 Å². The highest BCUT2D eigenvalue weighted by atomic mass is 35.5. The molecule has 0 atom stereocenters. The standard InChI is InChI=1S/C20H15Cl2NO2S2/c1-2-10-23-19(24)18(27-20(23)26)11-13-6-3-4-9-17(13)25-12-14-15(21)7-5-8-16(14)22/h2-9,11H,1,10,12H2/b18-11-. The molecule has 0 spiro atoms. The molecule has 7 heteroatoms. The lowest BCUT2D eigenvalue weighted by atomic mass is 10.1.